The van der Waals surface area contributed by atoms with Gasteiger partial charge in [0.1, 0.15) is 0 Å². The maximum Gasteiger partial charge on any atom is 0.00395 e. The van der Waals surface area contributed by atoms with Crippen molar-refractivity contribution in [1.82, 2.24) is 0 Å². The molecule has 0 radical (unpaired) electrons. The van der Waals surface area contributed by atoms with E-state index in [1.165, 1.54) is 11.1 Å². The second-order valence-corrected chi connectivity index (χ2v) is 3.67. The standard InChI is InChI=1S/C12H17N.2C2H6/c1-9-4-6-12(7-5-9)8-10(2)11(3)13;2*1-2/h4-7,10H,3,8,13H2,1-2H3;2*1-2H3/t10-;;/m1../s1. The Bertz CT molecular complexity index is 285. The van der Waals surface area contributed by atoms with E-state index in [2.05, 4.69) is 44.7 Å². The molecule has 1 aromatic carbocycles. The molecular formula is C16H29N. The van der Waals surface area contributed by atoms with Gasteiger partial charge in [-0.05, 0) is 24.8 Å². The summed E-state index contributed by atoms with van der Waals surface area (Å²) >= 11 is 0. The molecule has 0 aliphatic carbocycles. The fourth-order valence-electron chi connectivity index (χ4n) is 1.21. The van der Waals surface area contributed by atoms with Gasteiger partial charge in [-0.25, -0.2) is 0 Å². The maximum atomic E-state index is 5.62. The van der Waals surface area contributed by atoms with E-state index in [-0.39, 0.29) is 0 Å². The topological polar surface area (TPSA) is 26.0 Å². The average molecular weight is 235 g/mol. The first-order valence-corrected chi connectivity index (χ1v) is 6.59. The van der Waals surface area contributed by atoms with Crippen LogP contribution < -0.4 is 5.73 Å². The van der Waals surface area contributed by atoms with Gasteiger partial charge in [0.05, 0.1) is 0 Å². The van der Waals surface area contributed by atoms with E-state index in [1.54, 1.807) is 0 Å². The third-order valence-corrected chi connectivity index (χ3v) is 2.30. The predicted octanol–water partition coefficient (Wildman–Crippen LogP) is 4.70. The predicted molar refractivity (Wildman–Crippen MR) is 80.1 cm³/mol. The van der Waals surface area contributed by atoms with E-state index in [1.807, 2.05) is 27.7 Å². The molecular weight excluding hydrogens is 206 g/mol. The van der Waals surface area contributed by atoms with Crippen LogP contribution in [0.15, 0.2) is 36.5 Å². The summed E-state index contributed by atoms with van der Waals surface area (Å²) in [5.74, 6) is 0.364. The van der Waals surface area contributed by atoms with E-state index in [0.717, 1.165) is 12.1 Å². The van der Waals surface area contributed by atoms with Gasteiger partial charge >= 0.3 is 0 Å². The highest BCUT2D eigenvalue weighted by atomic mass is 14.6. The smallest absolute Gasteiger partial charge is 0.00395 e. The van der Waals surface area contributed by atoms with Gasteiger partial charge in [-0.2, -0.15) is 0 Å². The summed E-state index contributed by atoms with van der Waals surface area (Å²) in [5, 5.41) is 0. The lowest BCUT2D eigenvalue weighted by atomic mass is 9.98. The number of aryl methyl sites for hydroxylation is 1. The third kappa shape index (κ3) is 8.56. The summed E-state index contributed by atoms with van der Waals surface area (Å²) in [6.07, 6.45) is 0.982. The molecule has 1 aromatic rings. The molecule has 1 rings (SSSR count). The van der Waals surface area contributed by atoms with Crippen molar-refractivity contribution in [1.29, 1.82) is 0 Å². The maximum absolute atomic E-state index is 5.62. The van der Waals surface area contributed by atoms with Crippen molar-refractivity contribution in [3.8, 4) is 0 Å². The largest absolute Gasteiger partial charge is 0.402 e. The molecule has 0 heterocycles. The molecule has 0 amide bonds. The summed E-state index contributed by atoms with van der Waals surface area (Å²) in [4.78, 5) is 0. The van der Waals surface area contributed by atoms with Crippen molar-refractivity contribution >= 4 is 0 Å². The van der Waals surface area contributed by atoms with E-state index in [4.69, 9.17) is 5.73 Å². The monoisotopic (exact) mass is 235 g/mol. The van der Waals surface area contributed by atoms with Crippen molar-refractivity contribution in [3.63, 3.8) is 0 Å². The van der Waals surface area contributed by atoms with Crippen LogP contribution in [0.2, 0.25) is 0 Å². The third-order valence-electron chi connectivity index (χ3n) is 2.30. The second kappa shape index (κ2) is 11.3. The van der Waals surface area contributed by atoms with Crippen molar-refractivity contribution in [2.45, 2.75) is 48.0 Å². The molecule has 98 valence electrons. The van der Waals surface area contributed by atoms with Gasteiger partial charge in [0.15, 0.2) is 0 Å². The minimum Gasteiger partial charge on any atom is -0.402 e. The summed E-state index contributed by atoms with van der Waals surface area (Å²) in [6.45, 7) is 15.9. The molecule has 0 fully saturated rings. The zero-order valence-electron chi connectivity index (χ0n) is 12.4. The number of hydrogen-bond donors (Lipinski definition) is 1. The highest BCUT2D eigenvalue weighted by Crippen LogP contribution is 2.12. The normalized spacial score (nSPS) is 10.2. The van der Waals surface area contributed by atoms with Gasteiger partial charge in [0, 0.05) is 5.70 Å². The van der Waals surface area contributed by atoms with E-state index >= 15 is 0 Å². The van der Waals surface area contributed by atoms with Crippen LogP contribution in [0.4, 0.5) is 0 Å². The Kier molecular flexibility index (Phi) is 12.0. The fraction of sp³-hybridized carbons (Fsp3) is 0.500. The van der Waals surface area contributed by atoms with Crippen molar-refractivity contribution in [3.05, 3.63) is 47.7 Å². The molecule has 0 aromatic heterocycles. The molecule has 17 heavy (non-hydrogen) atoms. The lowest BCUT2D eigenvalue weighted by Crippen LogP contribution is -2.09. The fourth-order valence-corrected chi connectivity index (χ4v) is 1.21. The van der Waals surface area contributed by atoms with E-state index in [0.29, 0.717) is 5.92 Å². The highest BCUT2D eigenvalue weighted by Gasteiger charge is 2.03. The van der Waals surface area contributed by atoms with E-state index in [9.17, 15) is 0 Å². The Labute approximate surface area is 108 Å². The van der Waals surface area contributed by atoms with Crippen LogP contribution in [0.1, 0.15) is 45.7 Å². The zero-order valence-corrected chi connectivity index (χ0v) is 12.4. The molecule has 0 bridgehead atoms. The molecule has 0 saturated heterocycles. The van der Waals surface area contributed by atoms with Gasteiger partial charge < -0.3 is 5.73 Å². The van der Waals surface area contributed by atoms with Crippen LogP contribution >= 0.6 is 0 Å². The van der Waals surface area contributed by atoms with Crippen LogP contribution in [0.25, 0.3) is 0 Å². The van der Waals surface area contributed by atoms with Crippen LogP contribution in [-0.2, 0) is 6.42 Å². The SMILES string of the molecule is C=C(N)[C@H](C)Cc1ccc(C)cc1.CC.CC. The summed E-state index contributed by atoms with van der Waals surface area (Å²) < 4.78 is 0. The number of allylic oxidation sites excluding steroid dienone is 1. The summed E-state index contributed by atoms with van der Waals surface area (Å²) in [5.41, 5.74) is 9.00. The molecule has 0 saturated carbocycles. The number of hydrogen-bond acceptors (Lipinski definition) is 1. The van der Waals surface area contributed by atoms with Gasteiger partial charge in [0.2, 0.25) is 0 Å². The van der Waals surface area contributed by atoms with Crippen LogP contribution in [-0.4, -0.2) is 0 Å². The Morgan fingerprint density at radius 1 is 1.12 bits per heavy atom. The number of benzene rings is 1. The molecule has 0 unspecified atom stereocenters. The van der Waals surface area contributed by atoms with Crippen molar-refractivity contribution in [2.75, 3.05) is 0 Å². The minimum absolute atomic E-state index is 0.364. The molecule has 1 atom stereocenters. The van der Waals surface area contributed by atoms with Gasteiger partial charge in [-0.15, -0.1) is 0 Å². The summed E-state index contributed by atoms with van der Waals surface area (Å²) in [7, 11) is 0. The van der Waals surface area contributed by atoms with Gasteiger partial charge in [-0.3, -0.25) is 0 Å². The lowest BCUT2D eigenvalue weighted by molar-refractivity contribution is 0.672. The zero-order chi connectivity index (χ0) is 13.8. The van der Waals surface area contributed by atoms with Crippen LogP contribution in [0.3, 0.4) is 0 Å². The molecule has 1 heteroatoms. The Balaban J connectivity index is 0. The molecule has 0 spiro atoms. The lowest BCUT2D eigenvalue weighted by Gasteiger charge is -2.10. The summed E-state index contributed by atoms with van der Waals surface area (Å²) in [6, 6.07) is 8.55. The van der Waals surface area contributed by atoms with E-state index < -0.39 is 0 Å². The molecule has 0 aliphatic heterocycles. The average Bonchev–Trinajstić information content (AvgIpc) is 2.37. The second-order valence-electron chi connectivity index (χ2n) is 3.67. The molecule has 2 N–H and O–H groups in total. The first-order valence-electron chi connectivity index (χ1n) is 6.59. The molecule has 0 aliphatic rings. The number of nitrogens with two attached hydrogens (primary N) is 1. The van der Waals surface area contributed by atoms with Gasteiger partial charge in [0.25, 0.3) is 0 Å². The first kappa shape index (κ1) is 18.1. The quantitative estimate of drug-likeness (QED) is 0.807. The number of rotatable bonds is 3. The molecule has 1 nitrogen and oxygen atoms in total. The van der Waals surface area contributed by atoms with Gasteiger partial charge in [-0.1, -0.05) is 71.0 Å². The van der Waals surface area contributed by atoms with Crippen LogP contribution in [0.5, 0.6) is 0 Å². The Hall–Kier alpha value is -1.24. The Morgan fingerprint density at radius 3 is 1.88 bits per heavy atom. The van der Waals surface area contributed by atoms with Crippen molar-refractivity contribution < 1.29 is 0 Å². The Morgan fingerprint density at radius 2 is 1.53 bits per heavy atom. The first-order chi connectivity index (χ1) is 8.09. The van der Waals surface area contributed by atoms with Crippen LogP contribution in [0, 0.1) is 12.8 Å². The van der Waals surface area contributed by atoms with Crippen molar-refractivity contribution in [2.24, 2.45) is 11.7 Å². The minimum atomic E-state index is 0.364. The highest BCUT2D eigenvalue weighted by molar-refractivity contribution is 5.22.